The van der Waals surface area contributed by atoms with Crippen molar-refractivity contribution < 1.29 is 9.90 Å². The van der Waals surface area contributed by atoms with Gasteiger partial charge in [0.25, 0.3) is 0 Å². The first-order valence-electron chi connectivity index (χ1n) is 5.37. The predicted octanol–water partition coefficient (Wildman–Crippen LogP) is 2.10. The van der Waals surface area contributed by atoms with Crippen molar-refractivity contribution in [1.82, 2.24) is 4.90 Å². The van der Waals surface area contributed by atoms with Gasteiger partial charge in [-0.25, -0.2) is 0 Å². The Balaban J connectivity index is 2.39. The lowest BCUT2D eigenvalue weighted by Gasteiger charge is -2.26. The van der Waals surface area contributed by atoms with Crippen molar-refractivity contribution in [3.8, 4) is 0 Å². The molecule has 1 aromatic carbocycles. The Morgan fingerprint density at radius 2 is 2.19 bits per heavy atom. The maximum atomic E-state index is 11.7. The van der Waals surface area contributed by atoms with Gasteiger partial charge in [-0.15, -0.1) is 0 Å². The summed E-state index contributed by atoms with van der Waals surface area (Å²) in [6.07, 6.45) is -0.383. The minimum absolute atomic E-state index is 0.0238. The number of carbonyl (C=O) groups excluding carboxylic acids is 1. The number of rotatable bonds is 2. The third-order valence-electron chi connectivity index (χ3n) is 2.97. The Bertz CT molecular complexity index is 408. The molecule has 0 aromatic heterocycles. The van der Waals surface area contributed by atoms with E-state index in [1.807, 2.05) is 31.2 Å². The molecule has 1 amide bonds. The van der Waals surface area contributed by atoms with Crippen LogP contribution in [0.5, 0.6) is 0 Å². The molecule has 3 nitrogen and oxygen atoms in total. The summed E-state index contributed by atoms with van der Waals surface area (Å²) in [5.74, 6) is 0.0238. The first-order valence-corrected chi connectivity index (χ1v) is 6.16. The number of aliphatic hydroxyl groups excluding tert-OH is 1. The van der Waals surface area contributed by atoms with Gasteiger partial charge in [-0.2, -0.15) is 0 Å². The first-order chi connectivity index (χ1) is 7.65. The molecule has 0 spiro atoms. The van der Waals surface area contributed by atoms with E-state index in [-0.39, 0.29) is 18.4 Å². The first kappa shape index (κ1) is 11.6. The van der Waals surface area contributed by atoms with Crippen LogP contribution in [0.4, 0.5) is 0 Å². The molecule has 0 aliphatic carbocycles. The number of nitrogens with zero attached hydrogens (tertiary/aromatic N) is 1. The molecule has 1 fully saturated rings. The Hall–Kier alpha value is -0.870. The molecular formula is C12H14BrNO2. The van der Waals surface area contributed by atoms with Crippen LogP contribution in [-0.2, 0) is 4.79 Å². The fourth-order valence-corrected chi connectivity index (χ4v) is 2.75. The maximum absolute atomic E-state index is 11.7. The smallest absolute Gasteiger partial charge is 0.225 e. The lowest BCUT2D eigenvalue weighted by Crippen LogP contribution is -2.30. The summed E-state index contributed by atoms with van der Waals surface area (Å²) in [7, 11) is 0. The Labute approximate surface area is 103 Å². The number of halogens is 1. The predicted molar refractivity (Wildman–Crippen MR) is 64.9 cm³/mol. The molecule has 0 bridgehead atoms. The van der Waals surface area contributed by atoms with Crippen LogP contribution in [0.1, 0.15) is 24.9 Å². The van der Waals surface area contributed by atoms with Crippen LogP contribution < -0.4 is 0 Å². The molecule has 16 heavy (non-hydrogen) atoms. The molecule has 1 aliphatic heterocycles. The third kappa shape index (κ3) is 1.87. The summed E-state index contributed by atoms with van der Waals surface area (Å²) in [4.78, 5) is 13.4. The number of likely N-dealkylation sites (tertiary alicyclic amines) is 1. The molecule has 2 atom stereocenters. The van der Waals surface area contributed by atoms with E-state index in [1.54, 1.807) is 4.90 Å². The molecule has 2 rings (SSSR count). The number of hydrogen-bond donors (Lipinski definition) is 1. The van der Waals surface area contributed by atoms with Crippen molar-refractivity contribution in [2.24, 2.45) is 0 Å². The van der Waals surface area contributed by atoms with Gasteiger partial charge in [0.1, 0.15) is 0 Å². The van der Waals surface area contributed by atoms with Crippen molar-refractivity contribution in [2.45, 2.75) is 25.5 Å². The Morgan fingerprint density at radius 3 is 2.81 bits per heavy atom. The molecule has 1 aliphatic rings. The van der Waals surface area contributed by atoms with Crippen LogP contribution in [0.25, 0.3) is 0 Å². The second-order valence-electron chi connectivity index (χ2n) is 3.92. The van der Waals surface area contributed by atoms with Gasteiger partial charge < -0.3 is 10.0 Å². The number of benzene rings is 1. The average Bonchev–Trinajstić information content (AvgIpc) is 2.54. The van der Waals surface area contributed by atoms with Crippen molar-refractivity contribution >= 4 is 21.8 Å². The second kappa shape index (κ2) is 4.55. The zero-order valence-corrected chi connectivity index (χ0v) is 10.6. The molecule has 1 heterocycles. The summed E-state index contributed by atoms with van der Waals surface area (Å²) in [5, 5.41) is 9.96. The van der Waals surface area contributed by atoms with E-state index in [0.717, 1.165) is 10.0 Å². The molecule has 1 saturated heterocycles. The summed E-state index contributed by atoms with van der Waals surface area (Å²) in [6.45, 7) is 2.56. The topological polar surface area (TPSA) is 40.5 Å². The van der Waals surface area contributed by atoms with Gasteiger partial charge in [-0.3, -0.25) is 4.79 Å². The third-order valence-corrected chi connectivity index (χ3v) is 3.69. The van der Waals surface area contributed by atoms with E-state index in [9.17, 15) is 9.90 Å². The van der Waals surface area contributed by atoms with Gasteiger partial charge in [-0.1, -0.05) is 34.1 Å². The zero-order valence-electron chi connectivity index (χ0n) is 9.06. The molecular weight excluding hydrogens is 270 g/mol. The molecule has 0 saturated carbocycles. The van der Waals surface area contributed by atoms with Gasteiger partial charge in [0.15, 0.2) is 0 Å². The number of amides is 1. The summed E-state index contributed by atoms with van der Waals surface area (Å²) in [6, 6.07) is 7.50. The van der Waals surface area contributed by atoms with Gasteiger partial charge in [0.05, 0.1) is 18.6 Å². The summed E-state index contributed by atoms with van der Waals surface area (Å²) >= 11 is 3.46. The minimum atomic E-state index is -0.605. The van der Waals surface area contributed by atoms with Crippen LogP contribution >= 0.6 is 15.9 Å². The number of likely N-dealkylation sites (N-methyl/N-ethyl adjacent to an activating group) is 1. The lowest BCUT2D eigenvalue weighted by atomic mass is 10.0. The van der Waals surface area contributed by atoms with Crippen LogP contribution in [0.3, 0.4) is 0 Å². The van der Waals surface area contributed by atoms with Crippen molar-refractivity contribution in [3.63, 3.8) is 0 Å². The molecule has 0 radical (unpaired) electrons. The van der Waals surface area contributed by atoms with E-state index in [2.05, 4.69) is 15.9 Å². The average molecular weight is 284 g/mol. The molecule has 1 aromatic rings. The second-order valence-corrected chi connectivity index (χ2v) is 4.77. The van der Waals surface area contributed by atoms with Crippen molar-refractivity contribution in [1.29, 1.82) is 0 Å². The highest BCUT2D eigenvalue weighted by Gasteiger charge is 2.39. The van der Waals surface area contributed by atoms with E-state index in [0.29, 0.717) is 6.54 Å². The van der Waals surface area contributed by atoms with Crippen LogP contribution in [0, 0.1) is 0 Å². The highest BCUT2D eigenvalue weighted by Crippen LogP contribution is 2.36. The van der Waals surface area contributed by atoms with Gasteiger partial charge in [0, 0.05) is 11.0 Å². The standard InChI is InChI=1S/C12H14BrNO2/c1-2-14-11(16)7-10(15)12(14)8-5-3-4-6-9(8)13/h3-6,10,12,15H,2,7H2,1H3. The van der Waals surface area contributed by atoms with Gasteiger partial charge in [-0.05, 0) is 18.6 Å². The van der Waals surface area contributed by atoms with Gasteiger partial charge in [0.2, 0.25) is 5.91 Å². The van der Waals surface area contributed by atoms with E-state index in [1.165, 1.54) is 0 Å². The number of carbonyl (C=O) groups is 1. The SMILES string of the molecule is CCN1C(=O)CC(O)C1c1ccccc1Br. The number of aliphatic hydroxyl groups is 1. The molecule has 2 unspecified atom stereocenters. The maximum Gasteiger partial charge on any atom is 0.225 e. The lowest BCUT2D eigenvalue weighted by molar-refractivity contribution is -0.128. The van der Waals surface area contributed by atoms with Crippen molar-refractivity contribution in [2.75, 3.05) is 6.54 Å². The molecule has 4 heteroatoms. The summed E-state index contributed by atoms with van der Waals surface area (Å²) in [5.41, 5.74) is 0.975. The fraction of sp³-hybridized carbons (Fsp3) is 0.417. The quantitative estimate of drug-likeness (QED) is 0.903. The molecule has 86 valence electrons. The van der Waals surface area contributed by atoms with Crippen LogP contribution in [-0.4, -0.2) is 28.6 Å². The fourth-order valence-electron chi connectivity index (χ4n) is 2.23. The molecule has 1 N–H and O–H groups in total. The highest BCUT2D eigenvalue weighted by atomic mass is 79.9. The van der Waals surface area contributed by atoms with Crippen LogP contribution in [0.2, 0.25) is 0 Å². The Morgan fingerprint density at radius 1 is 1.50 bits per heavy atom. The minimum Gasteiger partial charge on any atom is -0.390 e. The van der Waals surface area contributed by atoms with E-state index in [4.69, 9.17) is 0 Å². The number of hydrogen-bond acceptors (Lipinski definition) is 2. The van der Waals surface area contributed by atoms with E-state index < -0.39 is 6.10 Å². The van der Waals surface area contributed by atoms with Crippen LogP contribution in [0.15, 0.2) is 28.7 Å². The van der Waals surface area contributed by atoms with E-state index >= 15 is 0 Å². The monoisotopic (exact) mass is 283 g/mol. The van der Waals surface area contributed by atoms with Gasteiger partial charge >= 0.3 is 0 Å². The zero-order chi connectivity index (χ0) is 11.7. The summed E-state index contributed by atoms with van der Waals surface area (Å²) < 4.78 is 0.937. The normalized spacial score (nSPS) is 25.2. The largest absolute Gasteiger partial charge is 0.390 e. The van der Waals surface area contributed by atoms with Crippen molar-refractivity contribution in [3.05, 3.63) is 34.3 Å². The highest BCUT2D eigenvalue weighted by molar-refractivity contribution is 9.10. The Kier molecular flexibility index (Phi) is 3.30.